The van der Waals surface area contributed by atoms with Gasteiger partial charge in [-0.15, -0.1) is 0 Å². The van der Waals surface area contributed by atoms with Crippen LogP contribution in [0.3, 0.4) is 0 Å². The van der Waals surface area contributed by atoms with E-state index in [0.717, 1.165) is 5.39 Å². The van der Waals surface area contributed by atoms with Gasteiger partial charge in [0.15, 0.2) is 0 Å². The van der Waals surface area contributed by atoms with Crippen LogP contribution in [-0.2, 0) is 0 Å². The molecule has 0 radical (unpaired) electrons. The fraction of sp³-hybridized carbons (Fsp3) is 0.118. The van der Waals surface area contributed by atoms with Gasteiger partial charge in [0.05, 0.1) is 16.6 Å². The number of pyridine rings is 2. The Morgan fingerprint density at radius 3 is 2.67 bits per heavy atom. The number of nitrogens with one attached hydrogen (secondary N) is 3. The Morgan fingerprint density at radius 1 is 1.17 bits per heavy atom. The van der Waals surface area contributed by atoms with Gasteiger partial charge in [0.1, 0.15) is 17.5 Å². The summed E-state index contributed by atoms with van der Waals surface area (Å²) in [6.07, 6.45) is 0. The van der Waals surface area contributed by atoms with E-state index in [1.54, 1.807) is 25.1 Å². The van der Waals surface area contributed by atoms with Crippen LogP contribution in [0.5, 0.6) is 0 Å². The molecule has 6 nitrogen and oxygen atoms in total. The first-order valence-corrected chi connectivity index (χ1v) is 7.59. The standard InChI is InChI=1S/C17H13ClN4O2/c1-9(20-14-6-5-11(8-19)21-17(14)24)12-7-10-3-2-4-13(18)15(10)22-16(12)23/h2-7,9,20H,1H3,(H,21,24)(H,22,23)/t9-/m0/s1. The monoisotopic (exact) mass is 340 g/mol. The third-order valence-electron chi connectivity index (χ3n) is 3.73. The lowest BCUT2D eigenvalue weighted by Gasteiger charge is -2.15. The minimum Gasteiger partial charge on any atom is -0.374 e. The smallest absolute Gasteiger partial charge is 0.272 e. The fourth-order valence-electron chi connectivity index (χ4n) is 2.50. The molecule has 0 aliphatic heterocycles. The fourth-order valence-corrected chi connectivity index (χ4v) is 2.73. The summed E-state index contributed by atoms with van der Waals surface area (Å²) in [6, 6.07) is 11.6. The van der Waals surface area contributed by atoms with Gasteiger partial charge in [0.2, 0.25) is 0 Å². The number of nitriles is 1. The zero-order chi connectivity index (χ0) is 17.3. The van der Waals surface area contributed by atoms with Crippen molar-refractivity contribution in [1.82, 2.24) is 9.97 Å². The highest BCUT2D eigenvalue weighted by Crippen LogP contribution is 2.23. The average Bonchev–Trinajstić information content (AvgIpc) is 2.57. The van der Waals surface area contributed by atoms with Crippen molar-refractivity contribution in [2.45, 2.75) is 13.0 Å². The van der Waals surface area contributed by atoms with Gasteiger partial charge in [-0.05, 0) is 31.2 Å². The van der Waals surface area contributed by atoms with Crippen molar-refractivity contribution in [3.05, 3.63) is 73.4 Å². The predicted octanol–water partition coefficient (Wildman–Crippen LogP) is 2.91. The Kier molecular flexibility index (Phi) is 4.11. The van der Waals surface area contributed by atoms with Crippen LogP contribution >= 0.6 is 11.6 Å². The molecular formula is C17H13ClN4O2. The number of nitrogens with zero attached hydrogens (tertiary/aromatic N) is 1. The number of H-pyrrole nitrogens is 2. The van der Waals surface area contributed by atoms with Crippen molar-refractivity contribution < 1.29 is 0 Å². The van der Waals surface area contributed by atoms with Crippen molar-refractivity contribution in [1.29, 1.82) is 5.26 Å². The van der Waals surface area contributed by atoms with Crippen LogP contribution in [0.25, 0.3) is 10.9 Å². The highest BCUT2D eigenvalue weighted by molar-refractivity contribution is 6.35. The number of hydrogen-bond acceptors (Lipinski definition) is 4. The van der Waals surface area contributed by atoms with Crippen LogP contribution in [0.1, 0.15) is 24.2 Å². The summed E-state index contributed by atoms with van der Waals surface area (Å²) < 4.78 is 0. The van der Waals surface area contributed by atoms with Crippen LogP contribution in [0.15, 0.2) is 46.0 Å². The lowest BCUT2D eigenvalue weighted by atomic mass is 10.1. The van der Waals surface area contributed by atoms with Gasteiger partial charge in [-0.25, -0.2) is 0 Å². The first-order chi connectivity index (χ1) is 11.5. The van der Waals surface area contributed by atoms with E-state index in [0.29, 0.717) is 16.1 Å². The third-order valence-corrected chi connectivity index (χ3v) is 4.04. The van der Waals surface area contributed by atoms with Gasteiger partial charge in [-0.2, -0.15) is 5.26 Å². The number of aromatic nitrogens is 2. The molecule has 0 unspecified atom stereocenters. The molecule has 3 N–H and O–H groups in total. The quantitative estimate of drug-likeness (QED) is 0.682. The van der Waals surface area contributed by atoms with Gasteiger partial charge >= 0.3 is 0 Å². The predicted molar refractivity (Wildman–Crippen MR) is 93.4 cm³/mol. The molecule has 3 aromatic rings. The van der Waals surface area contributed by atoms with E-state index in [-0.39, 0.29) is 16.9 Å². The highest BCUT2D eigenvalue weighted by Gasteiger charge is 2.13. The molecule has 0 amide bonds. The lowest BCUT2D eigenvalue weighted by Crippen LogP contribution is -2.22. The molecule has 7 heteroatoms. The summed E-state index contributed by atoms with van der Waals surface area (Å²) in [4.78, 5) is 29.5. The Hall–Kier alpha value is -3.04. The van der Waals surface area contributed by atoms with Gasteiger partial charge < -0.3 is 15.3 Å². The lowest BCUT2D eigenvalue weighted by molar-refractivity contribution is 0.861. The van der Waals surface area contributed by atoms with Gasteiger partial charge in [0.25, 0.3) is 11.1 Å². The Morgan fingerprint density at radius 2 is 1.96 bits per heavy atom. The largest absolute Gasteiger partial charge is 0.374 e. The molecule has 1 aromatic carbocycles. The number of aromatic amines is 2. The third kappa shape index (κ3) is 2.90. The van der Waals surface area contributed by atoms with E-state index in [4.69, 9.17) is 16.9 Å². The topological polar surface area (TPSA) is 102 Å². The molecule has 3 rings (SSSR count). The second-order valence-electron chi connectivity index (χ2n) is 5.35. The maximum Gasteiger partial charge on any atom is 0.272 e. The molecule has 120 valence electrons. The van der Waals surface area contributed by atoms with Crippen LogP contribution < -0.4 is 16.4 Å². The molecule has 24 heavy (non-hydrogen) atoms. The minimum atomic E-state index is -0.416. The number of rotatable bonds is 3. The molecule has 0 aliphatic rings. The van der Waals surface area contributed by atoms with Gasteiger partial charge in [0, 0.05) is 10.9 Å². The average molecular weight is 341 g/mol. The SMILES string of the molecule is C[C@H](Nc1ccc(C#N)[nH]c1=O)c1cc2cccc(Cl)c2[nH]c1=O. The maximum absolute atomic E-state index is 12.3. The Labute approximate surface area is 141 Å². The summed E-state index contributed by atoms with van der Waals surface area (Å²) in [5.74, 6) is 0. The molecule has 1 atom stereocenters. The van der Waals surface area contributed by atoms with E-state index >= 15 is 0 Å². The van der Waals surface area contributed by atoms with Crippen LogP contribution in [0.4, 0.5) is 5.69 Å². The molecule has 0 fully saturated rings. The van der Waals surface area contributed by atoms with E-state index in [9.17, 15) is 9.59 Å². The van der Waals surface area contributed by atoms with Crippen LogP contribution in [-0.4, -0.2) is 9.97 Å². The number of halogens is 1. The summed E-state index contributed by atoms with van der Waals surface area (Å²) in [5.41, 5.74) is 0.829. The summed E-state index contributed by atoms with van der Waals surface area (Å²) in [7, 11) is 0. The van der Waals surface area contributed by atoms with Crippen molar-refractivity contribution in [3.8, 4) is 6.07 Å². The molecule has 0 spiro atoms. The molecule has 2 aromatic heterocycles. The van der Waals surface area contributed by atoms with Crippen molar-refractivity contribution >= 4 is 28.2 Å². The number of fused-ring (bicyclic) bond motifs is 1. The Bertz CT molecular complexity index is 1080. The van der Waals surface area contributed by atoms with Crippen LogP contribution in [0.2, 0.25) is 5.02 Å². The maximum atomic E-state index is 12.3. The molecular weight excluding hydrogens is 328 g/mol. The van der Waals surface area contributed by atoms with E-state index in [1.807, 2.05) is 12.1 Å². The van der Waals surface area contributed by atoms with E-state index in [2.05, 4.69) is 15.3 Å². The number of anilines is 1. The second-order valence-corrected chi connectivity index (χ2v) is 5.76. The number of hydrogen-bond donors (Lipinski definition) is 3. The second kappa shape index (κ2) is 6.22. The van der Waals surface area contributed by atoms with Crippen molar-refractivity contribution in [2.24, 2.45) is 0 Å². The minimum absolute atomic E-state index is 0.177. The normalized spacial score (nSPS) is 11.9. The van der Waals surface area contributed by atoms with E-state index in [1.165, 1.54) is 12.1 Å². The van der Waals surface area contributed by atoms with Crippen molar-refractivity contribution in [2.75, 3.05) is 5.32 Å². The zero-order valence-electron chi connectivity index (χ0n) is 12.7. The van der Waals surface area contributed by atoms with Crippen LogP contribution in [0, 0.1) is 11.3 Å². The Balaban J connectivity index is 1.99. The molecule has 0 aliphatic carbocycles. The molecule has 0 saturated carbocycles. The number of benzene rings is 1. The first-order valence-electron chi connectivity index (χ1n) is 7.21. The summed E-state index contributed by atoms with van der Waals surface area (Å²) in [6.45, 7) is 1.78. The van der Waals surface area contributed by atoms with Gasteiger partial charge in [-0.3, -0.25) is 9.59 Å². The highest BCUT2D eigenvalue weighted by atomic mass is 35.5. The van der Waals surface area contributed by atoms with Gasteiger partial charge in [-0.1, -0.05) is 23.7 Å². The first kappa shape index (κ1) is 15.8. The summed E-state index contributed by atoms with van der Waals surface area (Å²) >= 11 is 6.08. The number of para-hydroxylation sites is 1. The summed E-state index contributed by atoms with van der Waals surface area (Å²) in [5, 5.41) is 13.0. The van der Waals surface area contributed by atoms with Crippen molar-refractivity contribution in [3.63, 3.8) is 0 Å². The molecule has 0 bridgehead atoms. The molecule has 2 heterocycles. The molecule has 0 saturated heterocycles. The van der Waals surface area contributed by atoms with E-state index < -0.39 is 11.6 Å². The zero-order valence-corrected chi connectivity index (χ0v) is 13.4.